The predicted molar refractivity (Wildman–Crippen MR) is 96.6 cm³/mol. The van der Waals surface area contributed by atoms with Crippen LogP contribution >= 0.6 is 11.6 Å². The molecule has 3 rings (SSSR count). The summed E-state index contributed by atoms with van der Waals surface area (Å²) in [6.07, 6.45) is 0.554. The van der Waals surface area contributed by atoms with E-state index in [0.717, 1.165) is 0 Å². The summed E-state index contributed by atoms with van der Waals surface area (Å²) in [4.78, 5) is 23.2. The lowest BCUT2D eigenvalue weighted by Gasteiger charge is -2.27. The SMILES string of the molecule is CCO[C@@H]1Oc2ccc(Cl)cc2C(=O)/C1=C/Nc1cccc([N+](=O)[O-])c1. The third-order valence-electron chi connectivity index (χ3n) is 3.71. The first-order valence-electron chi connectivity index (χ1n) is 7.83. The monoisotopic (exact) mass is 374 g/mol. The number of nitro benzene ring substituents is 1. The van der Waals surface area contributed by atoms with Gasteiger partial charge in [0.1, 0.15) is 5.75 Å². The van der Waals surface area contributed by atoms with Crippen LogP contribution in [-0.4, -0.2) is 23.6 Å². The number of nitrogens with zero attached hydrogens (tertiary/aromatic N) is 1. The fourth-order valence-electron chi connectivity index (χ4n) is 2.50. The molecule has 0 aliphatic carbocycles. The Labute approximate surface area is 154 Å². The van der Waals surface area contributed by atoms with Gasteiger partial charge in [0.15, 0.2) is 0 Å². The number of ether oxygens (including phenoxy) is 2. The van der Waals surface area contributed by atoms with E-state index >= 15 is 0 Å². The van der Waals surface area contributed by atoms with Crippen molar-refractivity contribution in [2.75, 3.05) is 11.9 Å². The summed E-state index contributed by atoms with van der Waals surface area (Å²) in [6.45, 7) is 2.13. The van der Waals surface area contributed by atoms with Crippen molar-refractivity contribution in [3.8, 4) is 5.75 Å². The Hall–Kier alpha value is -2.90. The molecule has 0 spiro atoms. The minimum Gasteiger partial charge on any atom is -0.460 e. The van der Waals surface area contributed by atoms with Crippen molar-refractivity contribution >= 4 is 28.8 Å². The van der Waals surface area contributed by atoms with Gasteiger partial charge in [0, 0.05) is 35.6 Å². The first-order valence-corrected chi connectivity index (χ1v) is 8.21. The van der Waals surface area contributed by atoms with Crippen LogP contribution in [0.15, 0.2) is 54.2 Å². The predicted octanol–water partition coefficient (Wildman–Crippen LogP) is 4.18. The summed E-state index contributed by atoms with van der Waals surface area (Å²) in [7, 11) is 0. The summed E-state index contributed by atoms with van der Waals surface area (Å²) in [5, 5.41) is 14.2. The van der Waals surface area contributed by atoms with Crippen molar-refractivity contribution in [3.63, 3.8) is 0 Å². The fourth-order valence-corrected chi connectivity index (χ4v) is 2.67. The first kappa shape index (κ1) is 17.9. The standard InChI is InChI=1S/C18H15ClN2O5/c1-2-25-18-15(10-20-12-4-3-5-13(9-12)21(23)24)17(22)14-8-11(19)6-7-16(14)26-18/h3-10,18,20H,2H2,1H3/b15-10-/t18-/m1/s1. The van der Waals surface area contributed by atoms with Crippen molar-refractivity contribution < 1.29 is 19.2 Å². The maximum Gasteiger partial charge on any atom is 0.271 e. The lowest BCUT2D eigenvalue weighted by Crippen LogP contribution is -2.33. The highest BCUT2D eigenvalue weighted by atomic mass is 35.5. The highest BCUT2D eigenvalue weighted by molar-refractivity contribution is 6.31. The Balaban J connectivity index is 1.93. The van der Waals surface area contributed by atoms with Crippen molar-refractivity contribution in [1.82, 2.24) is 0 Å². The van der Waals surface area contributed by atoms with Crippen LogP contribution in [0.25, 0.3) is 0 Å². The number of carbonyl (C=O) groups excluding carboxylic acids is 1. The molecule has 1 heterocycles. The van der Waals surface area contributed by atoms with Gasteiger partial charge in [-0.25, -0.2) is 0 Å². The van der Waals surface area contributed by atoms with Crippen LogP contribution in [-0.2, 0) is 4.74 Å². The van der Waals surface area contributed by atoms with E-state index < -0.39 is 11.2 Å². The molecule has 134 valence electrons. The number of anilines is 1. The van der Waals surface area contributed by atoms with Crippen molar-refractivity contribution in [3.05, 3.63) is 74.9 Å². The smallest absolute Gasteiger partial charge is 0.271 e. The molecular weight excluding hydrogens is 360 g/mol. The van der Waals surface area contributed by atoms with Crippen LogP contribution < -0.4 is 10.1 Å². The summed E-state index contributed by atoms with van der Waals surface area (Å²) in [5.74, 6) is 0.107. The summed E-state index contributed by atoms with van der Waals surface area (Å²) < 4.78 is 11.3. The summed E-state index contributed by atoms with van der Waals surface area (Å²) in [5.41, 5.74) is 0.985. The number of Topliss-reactive ketones (excluding diaryl/α,β-unsaturated/α-hetero) is 1. The number of hydrogen-bond acceptors (Lipinski definition) is 6. The number of non-ortho nitro benzene ring substituents is 1. The Bertz CT molecular complexity index is 897. The van der Waals surface area contributed by atoms with Crippen LogP contribution in [0.1, 0.15) is 17.3 Å². The molecule has 0 radical (unpaired) electrons. The second kappa shape index (κ2) is 7.55. The molecule has 0 unspecified atom stereocenters. The third kappa shape index (κ3) is 3.68. The molecule has 1 aliphatic heterocycles. The topological polar surface area (TPSA) is 90.7 Å². The quantitative estimate of drug-likeness (QED) is 0.479. The minimum absolute atomic E-state index is 0.0573. The molecule has 1 atom stereocenters. The molecule has 1 N–H and O–H groups in total. The molecule has 2 aromatic carbocycles. The van der Waals surface area contributed by atoms with Gasteiger partial charge in [0.2, 0.25) is 12.1 Å². The van der Waals surface area contributed by atoms with E-state index in [-0.39, 0.29) is 17.0 Å². The molecule has 0 amide bonds. The molecule has 7 nitrogen and oxygen atoms in total. The van der Waals surface area contributed by atoms with Gasteiger partial charge >= 0.3 is 0 Å². The molecule has 26 heavy (non-hydrogen) atoms. The Morgan fingerprint density at radius 1 is 1.35 bits per heavy atom. The average Bonchev–Trinajstić information content (AvgIpc) is 2.62. The van der Waals surface area contributed by atoms with Crippen LogP contribution in [0.5, 0.6) is 5.75 Å². The number of hydrogen-bond donors (Lipinski definition) is 1. The van der Waals surface area contributed by atoms with Crippen LogP contribution in [0.4, 0.5) is 11.4 Å². The van der Waals surface area contributed by atoms with Crippen molar-refractivity contribution in [2.45, 2.75) is 13.2 Å². The zero-order valence-corrected chi connectivity index (χ0v) is 14.5. The number of carbonyl (C=O) groups is 1. The normalized spacial score (nSPS) is 17.5. The second-order valence-electron chi connectivity index (χ2n) is 5.43. The Kier molecular flexibility index (Phi) is 5.20. The molecular formula is C18H15ClN2O5. The molecule has 1 aliphatic rings. The molecule has 8 heteroatoms. The van der Waals surface area contributed by atoms with Gasteiger partial charge in [0.05, 0.1) is 16.1 Å². The molecule has 0 saturated heterocycles. The number of fused-ring (bicyclic) bond motifs is 1. The van der Waals surface area contributed by atoms with Crippen LogP contribution in [0.3, 0.4) is 0 Å². The number of halogens is 1. The Morgan fingerprint density at radius 3 is 2.88 bits per heavy atom. The average molecular weight is 375 g/mol. The maximum absolute atomic E-state index is 12.8. The lowest BCUT2D eigenvalue weighted by atomic mass is 10.00. The number of nitro groups is 1. The van der Waals surface area contributed by atoms with E-state index in [2.05, 4.69) is 5.32 Å². The van der Waals surface area contributed by atoms with E-state index in [4.69, 9.17) is 21.1 Å². The van der Waals surface area contributed by atoms with E-state index in [1.54, 1.807) is 31.2 Å². The van der Waals surface area contributed by atoms with Crippen molar-refractivity contribution in [2.24, 2.45) is 0 Å². The van der Waals surface area contributed by atoms with Crippen LogP contribution in [0, 0.1) is 10.1 Å². The molecule has 0 fully saturated rings. The summed E-state index contributed by atoms with van der Waals surface area (Å²) >= 11 is 5.97. The number of benzene rings is 2. The van der Waals surface area contributed by atoms with E-state index in [1.165, 1.54) is 24.4 Å². The Morgan fingerprint density at radius 2 is 2.15 bits per heavy atom. The van der Waals surface area contributed by atoms with Gasteiger partial charge in [0.25, 0.3) is 5.69 Å². The van der Waals surface area contributed by atoms with Gasteiger partial charge in [-0.15, -0.1) is 0 Å². The minimum atomic E-state index is -0.882. The highest BCUT2D eigenvalue weighted by Gasteiger charge is 2.32. The van der Waals surface area contributed by atoms with Gasteiger partial charge in [-0.3, -0.25) is 14.9 Å². The van der Waals surface area contributed by atoms with Gasteiger partial charge in [-0.1, -0.05) is 17.7 Å². The van der Waals surface area contributed by atoms with Gasteiger partial charge in [-0.2, -0.15) is 0 Å². The molecule has 0 bridgehead atoms. The third-order valence-corrected chi connectivity index (χ3v) is 3.94. The number of nitrogens with one attached hydrogen (secondary N) is 1. The fraction of sp³-hybridized carbons (Fsp3) is 0.167. The van der Waals surface area contributed by atoms with Crippen LogP contribution in [0.2, 0.25) is 5.02 Å². The van der Waals surface area contributed by atoms with Gasteiger partial charge < -0.3 is 14.8 Å². The van der Waals surface area contributed by atoms with E-state index in [9.17, 15) is 14.9 Å². The first-order chi connectivity index (χ1) is 12.5. The zero-order chi connectivity index (χ0) is 18.7. The second-order valence-corrected chi connectivity index (χ2v) is 5.86. The highest BCUT2D eigenvalue weighted by Crippen LogP contribution is 2.33. The maximum atomic E-state index is 12.8. The van der Waals surface area contributed by atoms with E-state index in [1.807, 2.05) is 0 Å². The van der Waals surface area contributed by atoms with E-state index in [0.29, 0.717) is 28.6 Å². The zero-order valence-electron chi connectivity index (χ0n) is 13.8. The largest absolute Gasteiger partial charge is 0.460 e. The van der Waals surface area contributed by atoms with Gasteiger partial charge in [-0.05, 0) is 31.2 Å². The van der Waals surface area contributed by atoms with Crippen molar-refractivity contribution in [1.29, 1.82) is 0 Å². The lowest BCUT2D eigenvalue weighted by molar-refractivity contribution is -0.384. The number of ketones is 1. The summed E-state index contributed by atoms with van der Waals surface area (Å²) in [6, 6.07) is 10.7. The molecule has 0 saturated carbocycles. The number of rotatable bonds is 5. The molecule has 2 aromatic rings. The molecule has 0 aromatic heterocycles.